The van der Waals surface area contributed by atoms with Crippen LogP contribution < -0.4 is 11.1 Å². The van der Waals surface area contributed by atoms with Crippen LogP contribution in [0.15, 0.2) is 46.3 Å². The van der Waals surface area contributed by atoms with Crippen molar-refractivity contribution in [1.29, 1.82) is 0 Å². The highest BCUT2D eigenvalue weighted by molar-refractivity contribution is 7.89. The van der Waals surface area contributed by atoms with Gasteiger partial charge in [0.15, 0.2) is 0 Å². The predicted molar refractivity (Wildman–Crippen MR) is 151 cm³/mol. The van der Waals surface area contributed by atoms with Crippen molar-refractivity contribution in [2.45, 2.75) is 30.3 Å². The van der Waals surface area contributed by atoms with Crippen LogP contribution >= 0.6 is 23.2 Å². The summed E-state index contributed by atoms with van der Waals surface area (Å²) in [4.78, 5) is 27.4. The van der Waals surface area contributed by atoms with Gasteiger partial charge in [-0.25, -0.2) is 17.5 Å². The number of carbonyl (C=O) groups is 2. The molecule has 16 heteroatoms. The van der Waals surface area contributed by atoms with Crippen LogP contribution in [0, 0.1) is 0 Å². The fraction of sp³-hybridized carbons (Fsp3) is 0.400. The molecule has 0 spiro atoms. The third-order valence-electron chi connectivity index (χ3n) is 5.91. The number of halogens is 5. The Hall–Kier alpha value is -3.07. The molecule has 41 heavy (non-hydrogen) atoms. The molecule has 1 aliphatic heterocycles. The number of nitrogens with two attached hydrogens (primary N) is 1. The number of hydrogen-bond donors (Lipinski definition) is 3. The van der Waals surface area contributed by atoms with Gasteiger partial charge in [0.2, 0.25) is 15.9 Å². The Bertz CT molecular complexity index is 1370. The molecule has 3 rings (SSSR count). The van der Waals surface area contributed by atoms with Gasteiger partial charge in [-0.2, -0.15) is 13.2 Å². The number of aliphatic carboxylic acids is 1. The van der Waals surface area contributed by atoms with Crippen molar-refractivity contribution < 1.29 is 36.3 Å². The number of anilines is 1. The second-order valence-electron chi connectivity index (χ2n) is 8.96. The van der Waals surface area contributed by atoms with E-state index in [1.54, 1.807) is 11.9 Å². The van der Waals surface area contributed by atoms with Crippen LogP contribution in [-0.2, 0) is 26.0 Å². The van der Waals surface area contributed by atoms with E-state index < -0.39 is 22.2 Å². The average molecular weight is 641 g/mol. The second-order valence-corrected chi connectivity index (χ2v) is 11.8. The maximum Gasteiger partial charge on any atom is 0.490 e. The molecule has 0 atom stereocenters. The third-order valence-corrected chi connectivity index (χ3v) is 8.56. The molecular weight excluding hydrogens is 610 g/mol. The van der Waals surface area contributed by atoms with Crippen LogP contribution in [0.1, 0.15) is 24.0 Å². The summed E-state index contributed by atoms with van der Waals surface area (Å²) in [7, 11) is -0.660. The van der Waals surface area contributed by atoms with Gasteiger partial charge in [0.25, 0.3) is 0 Å². The van der Waals surface area contributed by atoms with Gasteiger partial charge in [-0.1, -0.05) is 47.5 Å². The molecule has 2 aromatic rings. The Labute approximate surface area is 246 Å². The molecule has 4 N–H and O–H groups in total. The molecule has 0 bridgehead atoms. The first-order valence-electron chi connectivity index (χ1n) is 12.2. The van der Waals surface area contributed by atoms with E-state index in [1.807, 2.05) is 24.3 Å². The molecule has 0 radical (unpaired) electrons. The van der Waals surface area contributed by atoms with E-state index >= 15 is 0 Å². The second kappa shape index (κ2) is 14.7. The molecule has 0 saturated heterocycles. The van der Waals surface area contributed by atoms with Crippen molar-refractivity contribution in [2.24, 2.45) is 4.99 Å². The molecule has 0 aliphatic carbocycles. The number of nitrogens with one attached hydrogen (secondary N) is 1. The van der Waals surface area contributed by atoms with Crippen LogP contribution in [-0.4, -0.2) is 86.9 Å². The van der Waals surface area contributed by atoms with Crippen LogP contribution in [0.4, 0.5) is 18.9 Å². The summed E-state index contributed by atoms with van der Waals surface area (Å²) in [5, 5.41) is 10.5. The number of benzene rings is 2. The molecule has 10 nitrogen and oxygen atoms in total. The van der Waals surface area contributed by atoms with Gasteiger partial charge in [-0.05, 0) is 30.5 Å². The molecule has 0 saturated carbocycles. The fourth-order valence-corrected chi connectivity index (χ4v) is 5.49. The van der Waals surface area contributed by atoms with Crippen molar-refractivity contribution in [3.8, 4) is 0 Å². The summed E-state index contributed by atoms with van der Waals surface area (Å²) in [6.45, 7) is 2.41. The van der Waals surface area contributed by atoms with Crippen molar-refractivity contribution >= 4 is 56.6 Å². The lowest BCUT2D eigenvalue weighted by molar-refractivity contribution is -0.192. The number of amides is 1. The van der Waals surface area contributed by atoms with Crippen LogP contribution in [0.3, 0.4) is 0 Å². The summed E-state index contributed by atoms with van der Waals surface area (Å²) in [5.74, 6) is -1.87. The van der Waals surface area contributed by atoms with Crippen molar-refractivity contribution in [1.82, 2.24) is 14.5 Å². The Morgan fingerprint density at radius 2 is 1.71 bits per heavy atom. The highest BCUT2D eigenvalue weighted by Gasteiger charge is 2.38. The largest absolute Gasteiger partial charge is 0.490 e. The van der Waals surface area contributed by atoms with Gasteiger partial charge in [-0.15, -0.1) is 0 Å². The van der Waals surface area contributed by atoms with Crippen LogP contribution in [0.5, 0.6) is 0 Å². The SMILES string of the molecule is CN(CCc1ccc(C2=NCCN2)cc1)C(=O)CCCN(C)S(=O)(=O)c1cc(Cl)c(N)cc1Cl.O=C(O)C(F)(F)F. The van der Waals surface area contributed by atoms with Crippen molar-refractivity contribution in [2.75, 3.05) is 46.0 Å². The number of nitrogens with zero attached hydrogens (tertiary/aromatic N) is 3. The lowest BCUT2D eigenvalue weighted by Gasteiger charge is -2.20. The molecule has 0 aromatic heterocycles. The molecular formula is C25H30Cl2F3N5O5S. The Kier molecular flexibility index (Phi) is 12.2. The van der Waals surface area contributed by atoms with E-state index in [1.165, 1.54) is 23.5 Å². The lowest BCUT2D eigenvalue weighted by Crippen LogP contribution is -2.31. The van der Waals surface area contributed by atoms with E-state index in [2.05, 4.69) is 10.3 Å². The number of sulfonamides is 1. The van der Waals surface area contributed by atoms with Gasteiger partial charge in [0, 0.05) is 45.7 Å². The summed E-state index contributed by atoms with van der Waals surface area (Å²) >= 11 is 12.0. The molecule has 0 fully saturated rings. The Morgan fingerprint density at radius 3 is 2.24 bits per heavy atom. The number of carboxylic acid groups (broad SMARTS) is 1. The minimum atomic E-state index is -5.08. The molecule has 2 aromatic carbocycles. The van der Waals surface area contributed by atoms with E-state index in [9.17, 15) is 26.4 Å². The predicted octanol–water partition coefficient (Wildman–Crippen LogP) is 3.66. The maximum absolute atomic E-state index is 12.8. The first kappa shape index (κ1) is 34.1. The van der Waals surface area contributed by atoms with Gasteiger partial charge in [-0.3, -0.25) is 9.79 Å². The van der Waals surface area contributed by atoms with Gasteiger partial charge < -0.3 is 21.1 Å². The molecule has 0 unspecified atom stereocenters. The minimum absolute atomic E-state index is 0.00471. The van der Waals surface area contributed by atoms with Gasteiger partial charge in [0.05, 0.1) is 22.3 Å². The number of carbonyl (C=O) groups excluding carboxylic acids is 1. The number of rotatable bonds is 10. The normalized spacial score (nSPS) is 13.2. The number of amidine groups is 1. The van der Waals surface area contributed by atoms with Gasteiger partial charge in [0.1, 0.15) is 10.7 Å². The number of likely N-dealkylation sites (N-methyl/N-ethyl adjacent to an activating group) is 1. The molecule has 1 amide bonds. The highest BCUT2D eigenvalue weighted by Crippen LogP contribution is 2.31. The van der Waals surface area contributed by atoms with Gasteiger partial charge >= 0.3 is 12.1 Å². The van der Waals surface area contributed by atoms with E-state index in [0.717, 1.165) is 36.5 Å². The standard InChI is InChI=1S/C23H29Cl2N5O3S.C2HF3O2/c1-29(13-9-16-5-7-17(8-6-16)23-27-10-11-28-23)22(31)4-3-12-30(2)34(32,33)21-15-18(24)20(26)14-19(21)25;3-2(4,5)1(6)7/h5-8,14-15H,3-4,9-13,26H2,1-2H3,(H,27,28);(H,6,7). The number of carboxylic acids is 1. The Balaban J connectivity index is 0.000000745. The maximum atomic E-state index is 12.8. The average Bonchev–Trinajstić information content (AvgIpc) is 3.44. The highest BCUT2D eigenvalue weighted by atomic mass is 35.5. The van der Waals surface area contributed by atoms with Crippen molar-refractivity contribution in [3.63, 3.8) is 0 Å². The molecule has 226 valence electrons. The zero-order valence-electron chi connectivity index (χ0n) is 22.2. The summed E-state index contributed by atoms with van der Waals surface area (Å²) in [6.07, 6.45) is -3.74. The summed E-state index contributed by atoms with van der Waals surface area (Å²) in [6, 6.07) is 10.7. The smallest absolute Gasteiger partial charge is 0.475 e. The number of aliphatic imine (C=N–C) groups is 1. The number of alkyl halides is 3. The molecule has 1 heterocycles. The quantitative estimate of drug-likeness (QED) is 0.336. The van der Waals surface area contributed by atoms with E-state index in [4.69, 9.17) is 38.8 Å². The monoisotopic (exact) mass is 639 g/mol. The summed E-state index contributed by atoms with van der Waals surface area (Å²) < 4.78 is 58.6. The fourth-order valence-electron chi connectivity index (χ4n) is 3.52. The topological polar surface area (TPSA) is 145 Å². The van der Waals surface area contributed by atoms with Crippen LogP contribution in [0.2, 0.25) is 10.0 Å². The first-order chi connectivity index (χ1) is 19.0. The zero-order chi connectivity index (χ0) is 31.0. The first-order valence-corrected chi connectivity index (χ1v) is 14.4. The van der Waals surface area contributed by atoms with Crippen LogP contribution in [0.25, 0.3) is 0 Å². The van der Waals surface area contributed by atoms with Crippen molar-refractivity contribution in [3.05, 3.63) is 57.6 Å². The van der Waals surface area contributed by atoms with E-state index in [-0.39, 0.29) is 39.5 Å². The number of hydrogen-bond acceptors (Lipinski definition) is 7. The number of nitrogen functional groups attached to an aromatic ring is 1. The zero-order valence-corrected chi connectivity index (χ0v) is 24.5. The minimum Gasteiger partial charge on any atom is -0.475 e. The lowest BCUT2D eigenvalue weighted by atomic mass is 10.1. The van der Waals surface area contributed by atoms with E-state index in [0.29, 0.717) is 13.0 Å². The molecule has 1 aliphatic rings. The third kappa shape index (κ3) is 10.1. The summed E-state index contributed by atoms with van der Waals surface area (Å²) in [5.41, 5.74) is 8.07. The Morgan fingerprint density at radius 1 is 1.10 bits per heavy atom.